The van der Waals surface area contributed by atoms with E-state index in [9.17, 15) is 4.79 Å². The summed E-state index contributed by atoms with van der Waals surface area (Å²) in [5.74, 6) is 0.905. The van der Waals surface area contributed by atoms with Crippen molar-refractivity contribution in [2.24, 2.45) is 0 Å². The summed E-state index contributed by atoms with van der Waals surface area (Å²) in [6.07, 6.45) is 1.60. The first-order valence-corrected chi connectivity index (χ1v) is 5.23. The number of rotatable bonds is 4. The molecular formula is C14H12O3. The summed E-state index contributed by atoms with van der Waals surface area (Å²) >= 11 is 0. The van der Waals surface area contributed by atoms with Gasteiger partial charge in [-0.15, -0.1) is 0 Å². The predicted octanol–water partition coefficient (Wildman–Crippen LogP) is 3.28. The average Bonchev–Trinajstić information content (AvgIpc) is 2.85. The maximum Gasteiger partial charge on any atom is 0.338 e. The molecule has 3 heteroatoms. The van der Waals surface area contributed by atoms with Crippen molar-refractivity contribution in [3.8, 4) is 0 Å². The van der Waals surface area contributed by atoms with Gasteiger partial charge in [0.2, 0.25) is 0 Å². The van der Waals surface area contributed by atoms with Gasteiger partial charge in [0.1, 0.15) is 18.1 Å². The van der Waals surface area contributed by atoms with Crippen LogP contribution in [-0.4, -0.2) is 5.97 Å². The zero-order chi connectivity index (χ0) is 12.1. The van der Waals surface area contributed by atoms with Gasteiger partial charge in [0.15, 0.2) is 0 Å². The molecule has 0 atom stereocenters. The third kappa shape index (κ3) is 2.84. The molecule has 0 amide bonds. The highest BCUT2D eigenvalue weighted by molar-refractivity contribution is 5.89. The number of ether oxygens (including phenoxy) is 1. The second-order valence-electron chi connectivity index (χ2n) is 3.45. The van der Waals surface area contributed by atoms with Crippen molar-refractivity contribution in [2.75, 3.05) is 0 Å². The van der Waals surface area contributed by atoms with E-state index < -0.39 is 0 Å². The first kappa shape index (κ1) is 11.2. The minimum Gasteiger partial charge on any atom is -0.458 e. The fraction of sp³-hybridized carbons (Fsp3) is 0.0714. The van der Waals surface area contributed by atoms with Gasteiger partial charge in [-0.05, 0) is 30.3 Å². The van der Waals surface area contributed by atoms with Crippen LogP contribution >= 0.6 is 0 Å². The molecule has 0 radical (unpaired) electrons. The lowest BCUT2D eigenvalue weighted by atomic mass is 10.2. The van der Waals surface area contributed by atoms with Crippen LogP contribution < -0.4 is 0 Å². The maximum absolute atomic E-state index is 11.6. The van der Waals surface area contributed by atoms with Crippen molar-refractivity contribution in [3.05, 3.63) is 66.1 Å². The second kappa shape index (κ2) is 5.16. The van der Waals surface area contributed by atoms with Crippen molar-refractivity contribution in [1.29, 1.82) is 0 Å². The van der Waals surface area contributed by atoms with E-state index in [1.54, 1.807) is 42.5 Å². The highest BCUT2D eigenvalue weighted by Crippen LogP contribution is 2.11. The molecule has 1 heterocycles. The van der Waals surface area contributed by atoms with E-state index in [0.717, 1.165) is 0 Å². The summed E-state index contributed by atoms with van der Waals surface area (Å²) < 4.78 is 10.4. The van der Waals surface area contributed by atoms with Gasteiger partial charge in [-0.1, -0.05) is 24.8 Å². The van der Waals surface area contributed by atoms with Gasteiger partial charge in [0.25, 0.3) is 0 Å². The van der Waals surface area contributed by atoms with Crippen molar-refractivity contribution in [2.45, 2.75) is 6.61 Å². The Morgan fingerprint density at radius 3 is 2.65 bits per heavy atom. The predicted molar refractivity (Wildman–Crippen MR) is 64.4 cm³/mol. The molecule has 0 aliphatic carbocycles. The molecule has 0 aliphatic heterocycles. The second-order valence-corrected chi connectivity index (χ2v) is 3.45. The van der Waals surface area contributed by atoms with Crippen molar-refractivity contribution in [3.63, 3.8) is 0 Å². The minimum absolute atomic E-state index is 0.127. The molecule has 86 valence electrons. The fourth-order valence-corrected chi connectivity index (χ4v) is 1.38. The summed E-state index contributed by atoms with van der Waals surface area (Å²) in [6, 6.07) is 12.4. The van der Waals surface area contributed by atoms with Crippen LogP contribution in [0.5, 0.6) is 0 Å². The van der Waals surface area contributed by atoms with E-state index in [2.05, 4.69) is 6.58 Å². The molecule has 1 aromatic heterocycles. The van der Waals surface area contributed by atoms with Crippen LogP contribution in [0.2, 0.25) is 0 Å². The van der Waals surface area contributed by atoms with Gasteiger partial charge in [0.05, 0.1) is 5.56 Å². The molecule has 17 heavy (non-hydrogen) atoms. The Morgan fingerprint density at radius 1 is 1.24 bits per heavy atom. The molecule has 0 N–H and O–H groups in total. The molecule has 0 saturated heterocycles. The summed E-state index contributed by atoms with van der Waals surface area (Å²) in [5, 5.41) is 0. The van der Waals surface area contributed by atoms with Gasteiger partial charge in [-0.25, -0.2) is 4.79 Å². The average molecular weight is 228 g/mol. The molecule has 1 aromatic carbocycles. The van der Waals surface area contributed by atoms with Crippen molar-refractivity contribution >= 4 is 12.0 Å². The smallest absolute Gasteiger partial charge is 0.338 e. The summed E-state index contributed by atoms with van der Waals surface area (Å²) in [6.45, 7) is 3.71. The standard InChI is InChI=1S/C14H12O3/c1-2-12-8-9-13(17-12)10-16-14(15)11-6-4-3-5-7-11/h2-9H,1,10H2. The normalized spacial score (nSPS) is 9.88. The number of hydrogen-bond donors (Lipinski definition) is 0. The SMILES string of the molecule is C=Cc1ccc(COC(=O)c2ccccc2)o1. The molecular weight excluding hydrogens is 216 g/mol. The zero-order valence-electron chi connectivity index (χ0n) is 9.26. The largest absolute Gasteiger partial charge is 0.458 e. The van der Waals surface area contributed by atoms with E-state index in [4.69, 9.17) is 9.15 Å². The Labute approximate surface area is 99.3 Å². The quantitative estimate of drug-likeness (QED) is 0.754. The Balaban J connectivity index is 1.94. The Hall–Kier alpha value is -2.29. The van der Waals surface area contributed by atoms with Crippen LogP contribution in [0.1, 0.15) is 21.9 Å². The fourth-order valence-electron chi connectivity index (χ4n) is 1.38. The first-order chi connectivity index (χ1) is 8.29. The molecule has 0 bridgehead atoms. The van der Waals surface area contributed by atoms with E-state index >= 15 is 0 Å². The zero-order valence-corrected chi connectivity index (χ0v) is 9.26. The topological polar surface area (TPSA) is 39.4 Å². The Morgan fingerprint density at radius 2 is 2.00 bits per heavy atom. The number of carbonyl (C=O) groups is 1. The minimum atomic E-state index is -0.359. The highest BCUT2D eigenvalue weighted by atomic mass is 16.5. The Bertz CT molecular complexity index is 511. The lowest BCUT2D eigenvalue weighted by molar-refractivity contribution is 0.0445. The first-order valence-electron chi connectivity index (χ1n) is 5.23. The van der Waals surface area contributed by atoms with Crippen LogP contribution in [0.25, 0.3) is 6.08 Å². The van der Waals surface area contributed by atoms with Crippen LogP contribution in [0, 0.1) is 0 Å². The Kier molecular flexibility index (Phi) is 3.40. The van der Waals surface area contributed by atoms with E-state index in [0.29, 0.717) is 17.1 Å². The van der Waals surface area contributed by atoms with E-state index in [1.165, 1.54) is 0 Å². The summed E-state index contributed by atoms with van der Waals surface area (Å²) in [7, 11) is 0. The van der Waals surface area contributed by atoms with Gasteiger partial charge in [-0.2, -0.15) is 0 Å². The molecule has 0 fully saturated rings. The molecule has 0 spiro atoms. The molecule has 3 nitrogen and oxygen atoms in total. The highest BCUT2D eigenvalue weighted by Gasteiger charge is 2.07. The number of benzene rings is 1. The van der Waals surface area contributed by atoms with Crippen LogP contribution in [0.3, 0.4) is 0 Å². The van der Waals surface area contributed by atoms with E-state index in [1.807, 2.05) is 6.07 Å². The number of hydrogen-bond acceptors (Lipinski definition) is 3. The molecule has 2 rings (SSSR count). The van der Waals surface area contributed by atoms with Crippen LogP contribution in [0.15, 0.2) is 53.5 Å². The molecule has 0 saturated carbocycles. The third-order valence-corrected chi connectivity index (χ3v) is 2.24. The lowest BCUT2D eigenvalue weighted by Gasteiger charge is -2.02. The number of furan rings is 1. The van der Waals surface area contributed by atoms with Crippen LogP contribution in [-0.2, 0) is 11.3 Å². The molecule has 0 aliphatic rings. The van der Waals surface area contributed by atoms with Gasteiger partial charge >= 0.3 is 5.97 Å². The van der Waals surface area contributed by atoms with Crippen molar-refractivity contribution in [1.82, 2.24) is 0 Å². The summed E-state index contributed by atoms with van der Waals surface area (Å²) in [4.78, 5) is 11.6. The van der Waals surface area contributed by atoms with Gasteiger partial charge in [-0.3, -0.25) is 0 Å². The third-order valence-electron chi connectivity index (χ3n) is 2.24. The van der Waals surface area contributed by atoms with E-state index in [-0.39, 0.29) is 12.6 Å². The monoisotopic (exact) mass is 228 g/mol. The molecule has 2 aromatic rings. The lowest BCUT2D eigenvalue weighted by Crippen LogP contribution is -2.04. The van der Waals surface area contributed by atoms with Gasteiger partial charge < -0.3 is 9.15 Å². The van der Waals surface area contributed by atoms with Crippen LogP contribution in [0.4, 0.5) is 0 Å². The number of esters is 1. The van der Waals surface area contributed by atoms with Gasteiger partial charge in [0, 0.05) is 0 Å². The number of carbonyl (C=O) groups excluding carboxylic acids is 1. The maximum atomic E-state index is 11.6. The molecule has 0 unspecified atom stereocenters. The van der Waals surface area contributed by atoms with Crippen molar-refractivity contribution < 1.29 is 13.9 Å². The summed E-state index contributed by atoms with van der Waals surface area (Å²) in [5.41, 5.74) is 0.531.